The van der Waals surface area contributed by atoms with Crippen molar-refractivity contribution in [2.45, 2.75) is 0 Å². The SMILES string of the molecule is N#Cc1c[c-]c(-c2[c-]cccc2)cc1.[W+2]. The minimum atomic E-state index is 0. The first kappa shape index (κ1) is 11.7. The molecule has 2 heteroatoms. The molecule has 2 aromatic carbocycles. The van der Waals surface area contributed by atoms with E-state index in [2.05, 4.69) is 18.2 Å². The van der Waals surface area contributed by atoms with E-state index in [0.29, 0.717) is 5.56 Å². The van der Waals surface area contributed by atoms with Crippen LogP contribution < -0.4 is 0 Å². The molecule has 0 aliphatic rings. The molecule has 0 bridgehead atoms. The van der Waals surface area contributed by atoms with Crippen molar-refractivity contribution in [3.63, 3.8) is 0 Å². The molecule has 0 saturated heterocycles. The van der Waals surface area contributed by atoms with Gasteiger partial charge in [0, 0.05) is 6.07 Å². The van der Waals surface area contributed by atoms with Gasteiger partial charge in [-0.05, 0) is 5.56 Å². The first-order valence-electron chi connectivity index (χ1n) is 4.29. The van der Waals surface area contributed by atoms with E-state index in [1.165, 1.54) is 0 Å². The van der Waals surface area contributed by atoms with Crippen molar-refractivity contribution >= 4 is 0 Å². The molecule has 0 atom stereocenters. The van der Waals surface area contributed by atoms with Crippen LogP contribution in [0.3, 0.4) is 0 Å². The number of benzene rings is 2. The Balaban J connectivity index is 0.00000112. The summed E-state index contributed by atoms with van der Waals surface area (Å²) in [6.07, 6.45) is 0. The van der Waals surface area contributed by atoms with Gasteiger partial charge in [0.2, 0.25) is 0 Å². The number of nitrogens with zero attached hydrogens (tertiary/aromatic N) is 1. The Labute approximate surface area is 104 Å². The fourth-order valence-electron chi connectivity index (χ4n) is 1.22. The summed E-state index contributed by atoms with van der Waals surface area (Å²) in [5.74, 6) is 0. The van der Waals surface area contributed by atoms with Crippen LogP contribution in [0, 0.1) is 23.5 Å². The summed E-state index contributed by atoms with van der Waals surface area (Å²) in [6, 6.07) is 21.3. The molecule has 0 heterocycles. The summed E-state index contributed by atoms with van der Waals surface area (Å²) < 4.78 is 0. The normalized spacial score (nSPS) is 8.73. The first-order chi connectivity index (χ1) is 6.90. The monoisotopic (exact) mass is 361 g/mol. The zero-order valence-corrected chi connectivity index (χ0v) is 10.8. The van der Waals surface area contributed by atoms with Crippen LogP contribution in [0.4, 0.5) is 0 Å². The molecule has 0 amide bonds. The van der Waals surface area contributed by atoms with Crippen LogP contribution in [-0.2, 0) is 21.1 Å². The van der Waals surface area contributed by atoms with Crippen LogP contribution in [-0.4, -0.2) is 0 Å². The molecule has 0 saturated carbocycles. The van der Waals surface area contributed by atoms with Crippen LogP contribution >= 0.6 is 0 Å². The quantitative estimate of drug-likeness (QED) is 0.717. The van der Waals surface area contributed by atoms with E-state index < -0.39 is 0 Å². The Morgan fingerprint density at radius 3 is 2.33 bits per heavy atom. The molecule has 0 unspecified atom stereocenters. The van der Waals surface area contributed by atoms with Gasteiger partial charge in [-0.3, -0.25) is 0 Å². The van der Waals surface area contributed by atoms with Crippen molar-refractivity contribution in [3.05, 3.63) is 60.2 Å². The van der Waals surface area contributed by atoms with E-state index in [-0.39, 0.29) is 21.1 Å². The fraction of sp³-hybridized carbons (Fsp3) is 0. The second-order valence-corrected chi connectivity index (χ2v) is 2.88. The van der Waals surface area contributed by atoms with E-state index in [4.69, 9.17) is 5.26 Å². The predicted octanol–water partition coefficient (Wildman–Crippen LogP) is 2.82. The largest absolute Gasteiger partial charge is 2.00 e. The molecule has 0 spiro atoms. The summed E-state index contributed by atoms with van der Waals surface area (Å²) in [4.78, 5) is 0. The average molecular weight is 361 g/mol. The summed E-state index contributed by atoms with van der Waals surface area (Å²) in [7, 11) is 0. The molecule has 70 valence electrons. The third kappa shape index (κ3) is 2.78. The van der Waals surface area contributed by atoms with E-state index in [0.717, 1.165) is 11.1 Å². The van der Waals surface area contributed by atoms with E-state index >= 15 is 0 Å². The molecular weight excluding hydrogens is 354 g/mol. The smallest absolute Gasteiger partial charge is 0.226 e. The maximum Gasteiger partial charge on any atom is 2.00 e. The predicted molar refractivity (Wildman–Crippen MR) is 54.3 cm³/mol. The molecule has 0 aliphatic carbocycles. The van der Waals surface area contributed by atoms with Gasteiger partial charge < -0.3 is 0 Å². The molecule has 0 fully saturated rings. The summed E-state index contributed by atoms with van der Waals surface area (Å²) in [5.41, 5.74) is 2.59. The van der Waals surface area contributed by atoms with Gasteiger partial charge in [-0.15, -0.1) is 18.2 Å². The molecule has 2 aromatic rings. The van der Waals surface area contributed by atoms with Gasteiger partial charge in [0.1, 0.15) is 0 Å². The summed E-state index contributed by atoms with van der Waals surface area (Å²) in [6.45, 7) is 0. The zero-order valence-electron chi connectivity index (χ0n) is 7.90. The number of hydrogen-bond donors (Lipinski definition) is 0. The Kier molecular flexibility index (Phi) is 4.28. The third-order valence-electron chi connectivity index (χ3n) is 1.94. The molecule has 1 nitrogen and oxygen atoms in total. The van der Waals surface area contributed by atoms with Crippen molar-refractivity contribution in [2.24, 2.45) is 0 Å². The molecule has 0 aliphatic heterocycles. The van der Waals surface area contributed by atoms with Crippen LogP contribution in [0.5, 0.6) is 0 Å². The van der Waals surface area contributed by atoms with Crippen molar-refractivity contribution in [2.75, 3.05) is 0 Å². The van der Waals surface area contributed by atoms with E-state index in [1.807, 2.05) is 30.3 Å². The maximum atomic E-state index is 8.62. The third-order valence-corrected chi connectivity index (χ3v) is 1.94. The van der Waals surface area contributed by atoms with Crippen LogP contribution in [0.1, 0.15) is 5.56 Å². The van der Waals surface area contributed by atoms with Gasteiger partial charge >= 0.3 is 21.1 Å². The minimum Gasteiger partial charge on any atom is -0.226 e. The number of rotatable bonds is 1. The number of nitriles is 1. The molecular formula is C13H7NW. The topological polar surface area (TPSA) is 23.8 Å². The first-order valence-corrected chi connectivity index (χ1v) is 4.29. The van der Waals surface area contributed by atoms with Crippen molar-refractivity contribution in [1.29, 1.82) is 5.26 Å². The Bertz CT molecular complexity index is 454. The Morgan fingerprint density at radius 2 is 1.80 bits per heavy atom. The van der Waals surface area contributed by atoms with Gasteiger partial charge in [0.05, 0.1) is 0 Å². The van der Waals surface area contributed by atoms with Crippen LogP contribution in [0.25, 0.3) is 11.1 Å². The van der Waals surface area contributed by atoms with Crippen LogP contribution in [0.2, 0.25) is 0 Å². The average Bonchev–Trinajstić information content (AvgIpc) is 2.30. The summed E-state index contributed by atoms with van der Waals surface area (Å²) >= 11 is 0. The molecule has 0 radical (unpaired) electrons. The second-order valence-electron chi connectivity index (χ2n) is 2.88. The number of hydrogen-bond acceptors (Lipinski definition) is 1. The molecule has 2 rings (SSSR count). The van der Waals surface area contributed by atoms with Crippen LogP contribution in [0.15, 0.2) is 42.5 Å². The Morgan fingerprint density at radius 1 is 1.00 bits per heavy atom. The molecule has 0 N–H and O–H groups in total. The van der Waals surface area contributed by atoms with Gasteiger partial charge in [0.25, 0.3) is 0 Å². The van der Waals surface area contributed by atoms with Crippen molar-refractivity contribution < 1.29 is 21.1 Å². The second kappa shape index (κ2) is 5.49. The molecule has 15 heavy (non-hydrogen) atoms. The van der Waals surface area contributed by atoms with E-state index in [9.17, 15) is 0 Å². The van der Waals surface area contributed by atoms with Gasteiger partial charge in [-0.1, -0.05) is 0 Å². The van der Waals surface area contributed by atoms with Gasteiger partial charge in [-0.2, -0.15) is 36.4 Å². The fourth-order valence-corrected chi connectivity index (χ4v) is 1.22. The van der Waals surface area contributed by atoms with Gasteiger partial charge in [0.15, 0.2) is 0 Å². The standard InChI is InChI=1S/C13H7N.W/c14-10-11-6-8-13(9-7-11)12-4-2-1-3-5-12;/h1-4,6-8H;/q-2;+2. The van der Waals surface area contributed by atoms with Gasteiger partial charge in [-0.25, -0.2) is 16.4 Å². The Hall–Kier alpha value is -1.38. The zero-order chi connectivity index (χ0) is 9.80. The summed E-state index contributed by atoms with van der Waals surface area (Å²) in [5, 5.41) is 8.62. The molecule has 0 aromatic heterocycles. The minimum absolute atomic E-state index is 0. The maximum absolute atomic E-state index is 8.62. The van der Waals surface area contributed by atoms with E-state index in [1.54, 1.807) is 12.1 Å². The van der Waals surface area contributed by atoms with Crippen molar-refractivity contribution in [3.8, 4) is 17.2 Å². The van der Waals surface area contributed by atoms with Crippen molar-refractivity contribution in [1.82, 2.24) is 0 Å².